The molecule has 7 nitrogen and oxygen atoms in total. The number of carbonyl (C=O) groups is 1. The lowest BCUT2D eigenvalue weighted by Gasteiger charge is -2.12. The number of anilines is 1. The van der Waals surface area contributed by atoms with Crippen molar-refractivity contribution in [1.29, 1.82) is 5.41 Å². The molecule has 0 unspecified atom stereocenters. The molecule has 5 N–H and O–H groups in total. The van der Waals surface area contributed by atoms with E-state index in [-0.39, 0.29) is 29.0 Å². The fraction of sp³-hybridized carbons (Fsp3) is 0.0400. The molecule has 10 heteroatoms. The van der Waals surface area contributed by atoms with Crippen LogP contribution < -0.4 is 15.8 Å². The van der Waals surface area contributed by atoms with Gasteiger partial charge in [0.25, 0.3) is 15.9 Å². The quantitative estimate of drug-likeness (QED) is 0.200. The lowest BCUT2D eigenvalue weighted by molar-refractivity contribution is 0.0952. The number of rotatable bonds is 7. The highest BCUT2D eigenvalue weighted by molar-refractivity contribution is 7.92. The molecular weight excluding hydrogens is 507 g/mol. The zero-order chi connectivity index (χ0) is 24.3. The Labute approximate surface area is 214 Å². The molecule has 4 aromatic carbocycles. The number of hydrogen-bond donors (Lipinski definition) is 4. The maximum atomic E-state index is 12.8. The Morgan fingerprint density at radius 2 is 1.66 bits per heavy atom. The van der Waals surface area contributed by atoms with Gasteiger partial charge in [0.15, 0.2) is 0 Å². The zero-order valence-electron chi connectivity index (χ0n) is 18.3. The molecule has 35 heavy (non-hydrogen) atoms. The van der Waals surface area contributed by atoms with E-state index in [9.17, 15) is 13.2 Å². The largest absolute Gasteiger partial charge is 0.384 e. The van der Waals surface area contributed by atoms with Gasteiger partial charge in [0.2, 0.25) is 0 Å². The maximum absolute atomic E-state index is 12.8. The Hall–Kier alpha value is -3.59. The van der Waals surface area contributed by atoms with Gasteiger partial charge in [0, 0.05) is 28.4 Å². The van der Waals surface area contributed by atoms with Crippen molar-refractivity contribution < 1.29 is 13.2 Å². The number of benzene rings is 4. The summed E-state index contributed by atoms with van der Waals surface area (Å²) in [6.07, 6.45) is 0. The standard InChI is InChI=1S/C25H21ClN4O3S.ClH/c26-19-4-2-5-21(14-19)34(32,33)30-20-11-12-22-18(13-20)3-1-6-23(22)25(31)29-15-16-7-9-17(10-8-16)24(27)28;/h1-14,30H,15H2,(H3,27,28)(H,29,31);1H. The molecule has 1 amide bonds. The minimum absolute atomic E-state index is 0. The summed E-state index contributed by atoms with van der Waals surface area (Å²) in [5, 5.41) is 12.1. The normalized spacial score (nSPS) is 10.9. The Morgan fingerprint density at radius 1 is 0.943 bits per heavy atom. The van der Waals surface area contributed by atoms with Crippen molar-refractivity contribution in [2.75, 3.05) is 4.72 Å². The van der Waals surface area contributed by atoms with Gasteiger partial charge in [-0.1, -0.05) is 60.1 Å². The van der Waals surface area contributed by atoms with Crippen LogP contribution in [0.4, 0.5) is 5.69 Å². The van der Waals surface area contributed by atoms with Crippen molar-refractivity contribution in [3.05, 3.63) is 107 Å². The molecule has 0 saturated carbocycles. The van der Waals surface area contributed by atoms with E-state index in [0.717, 1.165) is 5.56 Å². The SMILES string of the molecule is Cl.N=C(N)c1ccc(CNC(=O)c2cccc3cc(NS(=O)(=O)c4cccc(Cl)c4)ccc23)cc1. The van der Waals surface area contributed by atoms with E-state index in [1.165, 1.54) is 12.1 Å². The molecule has 0 heterocycles. The van der Waals surface area contributed by atoms with Crippen LogP contribution in [0.2, 0.25) is 5.02 Å². The van der Waals surface area contributed by atoms with E-state index in [1.807, 2.05) is 6.07 Å². The molecule has 0 bridgehead atoms. The van der Waals surface area contributed by atoms with E-state index in [2.05, 4.69) is 10.0 Å². The summed E-state index contributed by atoms with van der Waals surface area (Å²) in [5.41, 5.74) is 7.80. The van der Waals surface area contributed by atoms with Crippen LogP contribution in [-0.4, -0.2) is 20.2 Å². The highest BCUT2D eigenvalue weighted by atomic mass is 35.5. The van der Waals surface area contributed by atoms with Crippen molar-refractivity contribution in [2.24, 2.45) is 5.73 Å². The number of carbonyl (C=O) groups excluding carboxylic acids is 1. The molecule has 0 aromatic heterocycles. The Balaban J connectivity index is 0.00000342. The number of nitrogens with two attached hydrogens (primary N) is 1. The number of hydrogen-bond acceptors (Lipinski definition) is 4. The minimum Gasteiger partial charge on any atom is -0.384 e. The molecule has 180 valence electrons. The van der Waals surface area contributed by atoms with Crippen LogP contribution in [0.3, 0.4) is 0 Å². The first kappa shape index (κ1) is 26.0. The smallest absolute Gasteiger partial charge is 0.261 e. The Kier molecular flexibility index (Phi) is 8.01. The molecule has 0 saturated heterocycles. The topological polar surface area (TPSA) is 125 Å². The number of nitrogens with one attached hydrogen (secondary N) is 3. The van der Waals surface area contributed by atoms with Gasteiger partial charge in [-0.05, 0) is 52.7 Å². The first-order chi connectivity index (χ1) is 16.2. The summed E-state index contributed by atoms with van der Waals surface area (Å²) in [6.45, 7) is 0.310. The Bertz CT molecular complexity index is 1510. The minimum atomic E-state index is -3.81. The number of sulfonamides is 1. The van der Waals surface area contributed by atoms with Crippen LogP contribution >= 0.6 is 24.0 Å². The van der Waals surface area contributed by atoms with Gasteiger partial charge in [0.05, 0.1) is 4.90 Å². The van der Waals surface area contributed by atoms with Crippen LogP contribution in [0.1, 0.15) is 21.5 Å². The van der Waals surface area contributed by atoms with Crippen LogP contribution in [0.15, 0.2) is 89.8 Å². The monoisotopic (exact) mass is 528 g/mol. The van der Waals surface area contributed by atoms with Gasteiger partial charge < -0.3 is 11.1 Å². The number of amides is 1. The molecule has 0 atom stereocenters. The fourth-order valence-electron chi connectivity index (χ4n) is 3.47. The molecule has 4 aromatic rings. The van der Waals surface area contributed by atoms with Crippen LogP contribution in [0, 0.1) is 5.41 Å². The van der Waals surface area contributed by atoms with E-state index < -0.39 is 10.0 Å². The molecule has 0 aliphatic heterocycles. The van der Waals surface area contributed by atoms with Crippen molar-refractivity contribution in [3.63, 3.8) is 0 Å². The first-order valence-corrected chi connectivity index (χ1v) is 12.1. The van der Waals surface area contributed by atoms with Crippen LogP contribution in [0.5, 0.6) is 0 Å². The predicted octanol–water partition coefficient (Wildman–Crippen LogP) is 4.93. The second kappa shape index (κ2) is 10.8. The highest BCUT2D eigenvalue weighted by Crippen LogP contribution is 2.25. The predicted molar refractivity (Wildman–Crippen MR) is 142 cm³/mol. The fourth-order valence-corrected chi connectivity index (χ4v) is 4.82. The molecule has 0 aliphatic rings. The first-order valence-electron chi connectivity index (χ1n) is 10.3. The van der Waals surface area contributed by atoms with Crippen molar-refractivity contribution in [1.82, 2.24) is 5.32 Å². The van der Waals surface area contributed by atoms with E-state index in [0.29, 0.717) is 39.2 Å². The van der Waals surface area contributed by atoms with Gasteiger partial charge in [-0.25, -0.2) is 8.42 Å². The van der Waals surface area contributed by atoms with Gasteiger partial charge >= 0.3 is 0 Å². The van der Waals surface area contributed by atoms with E-state index in [4.69, 9.17) is 22.7 Å². The average molecular weight is 529 g/mol. The van der Waals surface area contributed by atoms with E-state index >= 15 is 0 Å². The zero-order valence-corrected chi connectivity index (χ0v) is 20.7. The third kappa shape index (κ3) is 6.10. The maximum Gasteiger partial charge on any atom is 0.261 e. The average Bonchev–Trinajstić information content (AvgIpc) is 2.82. The van der Waals surface area contributed by atoms with Crippen LogP contribution in [0.25, 0.3) is 10.8 Å². The van der Waals surface area contributed by atoms with Gasteiger partial charge in [-0.2, -0.15) is 0 Å². The molecule has 0 aliphatic carbocycles. The summed E-state index contributed by atoms with van der Waals surface area (Å²) in [6, 6.07) is 23.3. The molecule has 0 radical (unpaired) electrons. The highest BCUT2D eigenvalue weighted by Gasteiger charge is 2.16. The molecule has 4 rings (SSSR count). The number of amidine groups is 1. The van der Waals surface area contributed by atoms with Crippen molar-refractivity contribution in [2.45, 2.75) is 11.4 Å². The summed E-state index contributed by atoms with van der Waals surface area (Å²) in [4.78, 5) is 12.9. The van der Waals surface area contributed by atoms with Gasteiger partial charge in [0.1, 0.15) is 5.84 Å². The molecule has 0 fully saturated rings. The third-order valence-corrected chi connectivity index (χ3v) is 6.82. The number of nitrogen functional groups attached to an aromatic ring is 1. The summed E-state index contributed by atoms with van der Waals surface area (Å²) >= 11 is 5.92. The molecule has 0 spiro atoms. The lowest BCUT2D eigenvalue weighted by atomic mass is 10.0. The number of fused-ring (bicyclic) bond motifs is 1. The van der Waals surface area contributed by atoms with E-state index in [1.54, 1.807) is 66.7 Å². The Morgan fingerprint density at radius 3 is 2.34 bits per heavy atom. The summed E-state index contributed by atoms with van der Waals surface area (Å²) in [5.74, 6) is -0.269. The summed E-state index contributed by atoms with van der Waals surface area (Å²) in [7, 11) is -3.81. The van der Waals surface area contributed by atoms with Crippen LogP contribution in [-0.2, 0) is 16.6 Å². The lowest BCUT2D eigenvalue weighted by Crippen LogP contribution is -2.23. The summed E-state index contributed by atoms with van der Waals surface area (Å²) < 4.78 is 27.9. The van der Waals surface area contributed by atoms with Crippen molar-refractivity contribution >= 4 is 62.2 Å². The second-order valence-corrected chi connectivity index (χ2v) is 9.72. The second-order valence-electron chi connectivity index (χ2n) is 7.60. The third-order valence-electron chi connectivity index (χ3n) is 5.20. The number of halogens is 2. The van der Waals surface area contributed by atoms with Crippen molar-refractivity contribution in [3.8, 4) is 0 Å². The molecular formula is C25H22Cl2N4O3S. The van der Waals surface area contributed by atoms with Gasteiger partial charge in [-0.3, -0.25) is 14.9 Å². The van der Waals surface area contributed by atoms with Gasteiger partial charge in [-0.15, -0.1) is 12.4 Å².